The van der Waals surface area contributed by atoms with E-state index < -0.39 is 35.0 Å². The van der Waals surface area contributed by atoms with Gasteiger partial charge in [-0.05, 0) is 54.6 Å². The van der Waals surface area contributed by atoms with E-state index in [0.29, 0.717) is 23.4 Å². The largest absolute Gasteiger partial charge is 0.416 e. The summed E-state index contributed by atoms with van der Waals surface area (Å²) < 4.78 is 77.8. The zero-order valence-electron chi connectivity index (χ0n) is 16.0. The van der Waals surface area contributed by atoms with Gasteiger partial charge in [0.1, 0.15) is 0 Å². The third-order valence-electron chi connectivity index (χ3n) is 4.29. The van der Waals surface area contributed by atoms with Crippen LogP contribution in [0.3, 0.4) is 0 Å². The zero-order chi connectivity index (χ0) is 23.5. The fraction of sp³-hybridized carbons (Fsp3) is 0.0909. The van der Waals surface area contributed by atoms with Gasteiger partial charge < -0.3 is 10.6 Å². The first-order chi connectivity index (χ1) is 14.9. The number of alkyl halides is 6. The number of benzene rings is 3. The molecule has 3 aromatic rings. The Kier molecular flexibility index (Phi) is 6.24. The topological polar surface area (TPSA) is 58.2 Å². The maximum Gasteiger partial charge on any atom is 0.416 e. The molecule has 0 heterocycles. The molecule has 0 atom stereocenters. The van der Waals surface area contributed by atoms with Crippen molar-refractivity contribution in [3.8, 4) is 0 Å². The quantitative estimate of drug-likeness (QED) is 0.461. The molecule has 4 nitrogen and oxygen atoms in total. The minimum atomic E-state index is -5.06. The Morgan fingerprint density at radius 1 is 0.562 bits per heavy atom. The summed E-state index contributed by atoms with van der Waals surface area (Å²) >= 11 is 0. The zero-order valence-corrected chi connectivity index (χ0v) is 16.0. The highest BCUT2D eigenvalue weighted by molar-refractivity contribution is 6.05. The van der Waals surface area contributed by atoms with E-state index in [1.54, 1.807) is 30.3 Å². The van der Waals surface area contributed by atoms with Crippen molar-refractivity contribution in [2.45, 2.75) is 12.4 Å². The first-order valence-electron chi connectivity index (χ1n) is 9.01. The summed E-state index contributed by atoms with van der Waals surface area (Å²) in [6, 6.07) is 14.5. The lowest BCUT2D eigenvalue weighted by molar-refractivity contribution is -0.143. The molecule has 0 saturated heterocycles. The van der Waals surface area contributed by atoms with Crippen LogP contribution >= 0.6 is 0 Å². The van der Waals surface area contributed by atoms with Gasteiger partial charge in [0.25, 0.3) is 11.8 Å². The van der Waals surface area contributed by atoms with E-state index in [9.17, 15) is 35.9 Å². The standard InChI is InChI=1S/C22H14F6N2O2/c23-21(24,25)15-10-14(11-16(12-15)22(26,27)28)20(32)30-18-8-6-17(7-9-18)29-19(31)13-4-2-1-3-5-13/h1-12H,(H,29,31)(H,30,32). The lowest BCUT2D eigenvalue weighted by atomic mass is 10.0. The third kappa shape index (κ3) is 5.65. The minimum absolute atomic E-state index is 0.0546. The van der Waals surface area contributed by atoms with E-state index in [2.05, 4.69) is 10.6 Å². The number of nitrogens with one attached hydrogen (secondary N) is 2. The van der Waals surface area contributed by atoms with Gasteiger partial charge in [-0.15, -0.1) is 0 Å². The molecule has 0 radical (unpaired) electrons. The lowest BCUT2D eigenvalue weighted by Crippen LogP contribution is -2.17. The van der Waals surface area contributed by atoms with Crippen molar-refractivity contribution in [3.63, 3.8) is 0 Å². The van der Waals surface area contributed by atoms with Crippen LogP contribution < -0.4 is 10.6 Å². The van der Waals surface area contributed by atoms with E-state index in [-0.39, 0.29) is 17.7 Å². The van der Waals surface area contributed by atoms with Gasteiger partial charge in [0.15, 0.2) is 0 Å². The molecule has 0 spiro atoms. The summed E-state index contributed by atoms with van der Waals surface area (Å²) in [5.74, 6) is -1.53. The molecule has 0 bridgehead atoms. The molecular formula is C22H14F6N2O2. The van der Waals surface area contributed by atoms with Crippen LogP contribution in [0.25, 0.3) is 0 Å². The molecule has 3 rings (SSSR count). The van der Waals surface area contributed by atoms with E-state index in [4.69, 9.17) is 0 Å². The number of halogens is 6. The molecule has 0 aliphatic rings. The SMILES string of the molecule is O=C(Nc1ccc(NC(=O)c2cc(C(F)(F)F)cc(C(F)(F)F)c2)cc1)c1ccccc1. The molecule has 0 aliphatic heterocycles. The van der Waals surface area contributed by atoms with Crippen molar-refractivity contribution in [1.29, 1.82) is 0 Å². The molecule has 0 fully saturated rings. The second-order valence-electron chi connectivity index (χ2n) is 6.65. The average Bonchev–Trinajstić information content (AvgIpc) is 2.74. The van der Waals surface area contributed by atoms with Crippen LogP contribution in [0.2, 0.25) is 0 Å². The second-order valence-corrected chi connectivity index (χ2v) is 6.65. The molecule has 2 amide bonds. The summed E-state index contributed by atoms with van der Waals surface area (Å²) in [5.41, 5.74) is -3.08. The molecule has 0 saturated carbocycles. The fourth-order valence-electron chi connectivity index (χ4n) is 2.72. The number of carbonyl (C=O) groups is 2. The summed E-state index contributed by atoms with van der Waals surface area (Å²) in [5, 5.41) is 4.86. The number of hydrogen-bond donors (Lipinski definition) is 2. The Labute approximate surface area is 177 Å². The molecule has 166 valence electrons. The van der Waals surface area contributed by atoms with Crippen molar-refractivity contribution >= 4 is 23.2 Å². The van der Waals surface area contributed by atoms with Crippen LogP contribution in [0, 0.1) is 0 Å². The van der Waals surface area contributed by atoms with Gasteiger partial charge in [-0.25, -0.2) is 0 Å². The maximum absolute atomic E-state index is 13.0. The highest BCUT2D eigenvalue weighted by Gasteiger charge is 2.37. The van der Waals surface area contributed by atoms with Crippen LogP contribution in [0.15, 0.2) is 72.8 Å². The van der Waals surface area contributed by atoms with Gasteiger partial charge in [0.2, 0.25) is 0 Å². The molecule has 0 aliphatic carbocycles. The van der Waals surface area contributed by atoms with E-state index in [1.165, 1.54) is 24.3 Å². The van der Waals surface area contributed by atoms with Gasteiger partial charge in [-0.1, -0.05) is 18.2 Å². The van der Waals surface area contributed by atoms with Crippen molar-refractivity contribution in [1.82, 2.24) is 0 Å². The van der Waals surface area contributed by atoms with E-state index in [0.717, 1.165) is 0 Å². The summed E-state index contributed by atoms with van der Waals surface area (Å²) in [6.45, 7) is 0. The molecule has 3 aromatic carbocycles. The molecule has 0 unspecified atom stereocenters. The monoisotopic (exact) mass is 452 g/mol. The first kappa shape index (κ1) is 22.9. The summed E-state index contributed by atoms with van der Waals surface area (Å²) in [4.78, 5) is 24.4. The normalized spacial score (nSPS) is 11.7. The Bertz CT molecular complexity index is 1090. The molecular weight excluding hydrogens is 438 g/mol. The Morgan fingerprint density at radius 3 is 1.38 bits per heavy atom. The fourth-order valence-corrected chi connectivity index (χ4v) is 2.72. The number of carbonyl (C=O) groups excluding carboxylic acids is 2. The third-order valence-corrected chi connectivity index (χ3v) is 4.29. The maximum atomic E-state index is 13.0. The van der Waals surface area contributed by atoms with Crippen LogP contribution in [-0.4, -0.2) is 11.8 Å². The number of rotatable bonds is 4. The molecule has 32 heavy (non-hydrogen) atoms. The predicted molar refractivity (Wildman–Crippen MR) is 105 cm³/mol. The van der Waals surface area contributed by atoms with E-state index in [1.807, 2.05) is 0 Å². The van der Waals surface area contributed by atoms with E-state index >= 15 is 0 Å². The number of hydrogen-bond acceptors (Lipinski definition) is 2. The van der Waals surface area contributed by atoms with Crippen LogP contribution in [0.4, 0.5) is 37.7 Å². The molecule has 10 heteroatoms. The molecule has 2 N–H and O–H groups in total. The smallest absolute Gasteiger partial charge is 0.322 e. The first-order valence-corrected chi connectivity index (χ1v) is 9.01. The van der Waals surface area contributed by atoms with Crippen LogP contribution in [0.5, 0.6) is 0 Å². The summed E-state index contributed by atoms with van der Waals surface area (Å²) in [7, 11) is 0. The van der Waals surface area contributed by atoms with Crippen molar-refractivity contribution in [2.24, 2.45) is 0 Å². The number of amides is 2. The van der Waals surface area contributed by atoms with Gasteiger partial charge >= 0.3 is 12.4 Å². The molecule has 0 aromatic heterocycles. The average molecular weight is 452 g/mol. The predicted octanol–water partition coefficient (Wildman–Crippen LogP) is 6.23. The highest BCUT2D eigenvalue weighted by atomic mass is 19.4. The Hall–Kier alpha value is -3.82. The second kappa shape index (κ2) is 8.74. The van der Waals surface area contributed by atoms with Gasteiger partial charge in [0, 0.05) is 22.5 Å². The van der Waals surface area contributed by atoms with Crippen LogP contribution in [-0.2, 0) is 12.4 Å². The summed E-state index contributed by atoms with van der Waals surface area (Å²) in [6.07, 6.45) is -10.1. The van der Waals surface area contributed by atoms with Gasteiger partial charge in [0.05, 0.1) is 11.1 Å². The van der Waals surface area contributed by atoms with Crippen molar-refractivity contribution < 1.29 is 35.9 Å². The van der Waals surface area contributed by atoms with Crippen LogP contribution in [0.1, 0.15) is 31.8 Å². The van der Waals surface area contributed by atoms with Crippen molar-refractivity contribution in [3.05, 3.63) is 95.1 Å². The van der Waals surface area contributed by atoms with Crippen molar-refractivity contribution in [2.75, 3.05) is 10.6 Å². The van der Waals surface area contributed by atoms with Gasteiger partial charge in [-0.3, -0.25) is 9.59 Å². The highest BCUT2D eigenvalue weighted by Crippen LogP contribution is 2.36. The number of anilines is 2. The Morgan fingerprint density at radius 2 is 0.969 bits per heavy atom. The lowest BCUT2D eigenvalue weighted by Gasteiger charge is -2.14. The Balaban J connectivity index is 1.76. The van der Waals surface area contributed by atoms with Gasteiger partial charge in [-0.2, -0.15) is 26.3 Å². The minimum Gasteiger partial charge on any atom is -0.322 e.